The van der Waals surface area contributed by atoms with Gasteiger partial charge in [0.1, 0.15) is 22.8 Å². The van der Waals surface area contributed by atoms with Crippen molar-refractivity contribution in [2.45, 2.75) is 76.9 Å². The Morgan fingerprint density at radius 3 is 2.43 bits per heavy atom. The van der Waals surface area contributed by atoms with Gasteiger partial charge in [-0.15, -0.1) is 0 Å². The fourth-order valence-corrected chi connectivity index (χ4v) is 8.88. The average molecular weight is 739 g/mol. The summed E-state index contributed by atoms with van der Waals surface area (Å²) in [5.74, 6) is -0.353. The fourth-order valence-electron chi connectivity index (χ4n) is 8.88. The Balaban J connectivity index is 0.823. The largest absolute Gasteiger partial charge is 0.478 e. The van der Waals surface area contributed by atoms with Crippen molar-refractivity contribution in [1.82, 2.24) is 34.3 Å². The Labute approximate surface area is 312 Å². The third kappa shape index (κ3) is 7.26. The topological polar surface area (TPSA) is 162 Å². The lowest BCUT2D eigenvalue weighted by molar-refractivity contribution is 0.0697. The van der Waals surface area contributed by atoms with Crippen LogP contribution in [0.15, 0.2) is 41.5 Å². The molecule has 4 aromatic rings. The number of aryl methyl sites for hydroxylation is 1. The maximum Gasteiger partial charge on any atom is 0.339 e. The Bertz CT molecular complexity index is 2110. The lowest BCUT2D eigenvalue weighted by Crippen LogP contribution is -2.50. The molecule has 0 bridgehead atoms. The molecule has 0 aromatic carbocycles. The van der Waals surface area contributed by atoms with Crippen LogP contribution in [-0.2, 0) is 0 Å². The van der Waals surface area contributed by atoms with Crippen LogP contribution >= 0.6 is 0 Å². The molecule has 2 aliphatic heterocycles. The molecule has 8 rings (SSSR count). The number of piperazine rings is 1. The first-order chi connectivity index (χ1) is 26.1. The molecule has 0 amide bonds. The van der Waals surface area contributed by atoms with Gasteiger partial charge in [0.05, 0.1) is 17.4 Å². The molecule has 1 unspecified atom stereocenters. The number of rotatable bonds is 11. The van der Waals surface area contributed by atoms with E-state index < -0.39 is 11.9 Å². The van der Waals surface area contributed by atoms with Crippen molar-refractivity contribution in [3.8, 4) is 0 Å². The molecular weight excluding hydrogens is 691 g/mol. The van der Waals surface area contributed by atoms with Crippen LogP contribution in [0.3, 0.4) is 0 Å². The van der Waals surface area contributed by atoms with Gasteiger partial charge in [-0.25, -0.2) is 19.7 Å². The predicted molar refractivity (Wildman–Crippen MR) is 203 cm³/mol. The highest BCUT2D eigenvalue weighted by atomic mass is 19.1. The molecule has 54 heavy (non-hydrogen) atoms. The zero-order valence-electron chi connectivity index (χ0n) is 30.8. The fraction of sp³-hybridized carbons (Fsp3) is 0.513. The van der Waals surface area contributed by atoms with Crippen molar-refractivity contribution >= 4 is 46.1 Å². The third-order valence-corrected chi connectivity index (χ3v) is 11.9. The number of fused-ring (bicyclic) bond motifs is 1. The number of carbonyl (C=O) groups excluding carboxylic acids is 1. The number of ketones is 1. The lowest BCUT2D eigenvalue weighted by Gasteiger charge is -2.42. The summed E-state index contributed by atoms with van der Waals surface area (Å²) in [4.78, 5) is 62.8. The number of hydrogen-bond acceptors (Lipinski definition) is 12. The summed E-state index contributed by atoms with van der Waals surface area (Å²) in [6.45, 7) is 10.2. The van der Waals surface area contributed by atoms with Crippen molar-refractivity contribution in [2.75, 3.05) is 61.3 Å². The van der Waals surface area contributed by atoms with Crippen molar-refractivity contribution in [3.05, 3.63) is 69.7 Å². The first-order valence-electron chi connectivity index (χ1n) is 19.1. The number of carboxylic acids is 1. The maximum atomic E-state index is 13.7. The van der Waals surface area contributed by atoms with Gasteiger partial charge in [0, 0.05) is 69.0 Å². The van der Waals surface area contributed by atoms with Crippen LogP contribution < -0.4 is 21.1 Å². The zero-order valence-corrected chi connectivity index (χ0v) is 30.8. The minimum atomic E-state index is -1.12. The normalized spacial score (nSPS) is 22.4. The molecule has 2 saturated carbocycles. The number of Topliss-reactive ketones (excluding diaryl/α,β-unsaturated/α-hetero) is 1. The monoisotopic (exact) mass is 738 g/mol. The van der Waals surface area contributed by atoms with E-state index in [-0.39, 0.29) is 40.4 Å². The highest BCUT2D eigenvalue weighted by Gasteiger charge is 2.38. The summed E-state index contributed by atoms with van der Waals surface area (Å²) in [5.41, 5.74) is 2.18. The number of hydrogen-bond donors (Lipinski definition) is 3. The molecule has 2 aliphatic carbocycles. The number of anilines is 4. The van der Waals surface area contributed by atoms with Gasteiger partial charge in [0.25, 0.3) is 5.56 Å². The number of likely N-dealkylation sites (tertiary alicyclic amines) is 1. The van der Waals surface area contributed by atoms with Crippen LogP contribution in [0.4, 0.5) is 27.7 Å². The second kappa shape index (κ2) is 15.0. The van der Waals surface area contributed by atoms with E-state index in [2.05, 4.69) is 46.4 Å². The van der Waals surface area contributed by atoms with Crippen LogP contribution in [0.5, 0.6) is 0 Å². The minimum absolute atomic E-state index is 0.00563. The van der Waals surface area contributed by atoms with Gasteiger partial charge >= 0.3 is 5.97 Å². The van der Waals surface area contributed by atoms with Gasteiger partial charge in [-0.2, -0.15) is 9.37 Å². The number of nitrogens with one attached hydrogen (secondary N) is 2. The van der Waals surface area contributed by atoms with Crippen molar-refractivity contribution < 1.29 is 19.1 Å². The molecule has 4 fully saturated rings. The Morgan fingerprint density at radius 1 is 0.944 bits per heavy atom. The molecule has 6 heterocycles. The third-order valence-electron chi connectivity index (χ3n) is 11.9. The van der Waals surface area contributed by atoms with Crippen molar-refractivity contribution in [3.63, 3.8) is 0 Å². The predicted octanol–water partition coefficient (Wildman–Crippen LogP) is 4.88. The van der Waals surface area contributed by atoms with Gasteiger partial charge in [0.2, 0.25) is 11.9 Å². The molecule has 2 saturated heterocycles. The van der Waals surface area contributed by atoms with Gasteiger partial charge < -0.3 is 20.6 Å². The summed E-state index contributed by atoms with van der Waals surface area (Å²) in [5, 5.41) is 16.5. The standard InChI is InChI=1S/C39H47FN10O4/c1-23-31-20-42-39(46-36(31)50(27-5-3-4-6-27)37(52)34(23)24(2)51)45-33-10-7-28(19-41-33)48-15-13-47(14-16-48)21-25-11-12-49(22-25)29-17-26(18-29)43-35-30(38(53)54)8-9-32(40)44-35/h7-10,19-20,25-27,29H,3-6,11-18,21-22H2,1-2H3,(H,43,44)(H,53,54)(H,41,42,45,46). The first-order valence-corrected chi connectivity index (χ1v) is 19.1. The second-order valence-electron chi connectivity index (χ2n) is 15.4. The van der Waals surface area contributed by atoms with E-state index in [0.717, 1.165) is 96.1 Å². The molecule has 4 aromatic heterocycles. The average Bonchev–Trinajstić information content (AvgIpc) is 3.83. The van der Waals surface area contributed by atoms with E-state index in [1.165, 1.54) is 19.4 Å². The molecular formula is C39H47FN10O4. The van der Waals surface area contributed by atoms with Gasteiger partial charge in [-0.1, -0.05) is 12.8 Å². The van der Waals surface area contributed by atoms with Crippen LogP contribution in [-0.4, -0.2) is 109 Å². The molecule has 15 heteroatoms. The van der Waals surface area contributed by atoms with E-state index in [0.29, 0.717) is 40.3 Å². The molecule has 14 nitrogen and oxygen atoms in total. The van der Waals surface area contributed by atoms with E-state index in [1.807, 2.05) is 12.3 Å². The SMILES string of the molecule is CC(=O)c1c(C)c2cnc(Nc3ccc(N4CCN(CC5CCN(C6CC(Nc7nc(F)ccc7C(=O)O)C6)C5)CC4)cn3)nc2n(C2CCCC2)c1=O. The smallest absolute Gasteiger partial charge is 0.339 e. The lowest BCUT2D eigenvalue weighted by atomic mass is 9.85. The number of nitrogens with zero attached hydrogens (tertiary/aromatic N) is 8. The Morgan fingerprint density at radius 2 is 1.72 bits per heavy atom. The molecule has 1 atom stereocenters. The number of aromatic carboxylic acids is 1. The van der Waals surface area contributed by atoms with E-state index in [4.69, 9.17) is 4.98 Å². The highest BCUT2D eigenvalue weighted by Crippen LogP contribution is 2.34. The summed E-state index contributed by atoms with van der Waals surface area (Å²) in [6, 6.07) is 6.88. The van der Waals surface area contributed by atoms with Crippen LogP contribution in [0.1, 0.15) is 84.2 Å². The van der Waals surface area contributed by atoms with Gasteiger partial charge in [-0.3, -0.25) is 24.0 Å². The minimum Gasteiger partial charge on any atom is -0.478 e. The molecule has 0 spiro atoms. The van der Waals surface area contributed by atoms with Crippen LogP contribution in [0.25, 0.3) is 11.0 Å². The van der Waals surface area contributed by atoms with Crippen molar-refractivity contribution in [1.29, 1.82) is 0 Å². The zero-order chi connectivity index (χ0) is 37.5. The summed E-state index contributed by atoms with van der Waals surface area (Å²) >= 11 is 0. The van der Waals surface area contributed by atoms with Gasteiger partial charge in [-0.05, 0) is 88.2 Å². The van der Waals surface area contributed by atoms with E-state index in [9.17, 15) is 23.9 Å². The number of carboxylic acid groups (broad SMARTS) is 1. The molecule has 284 valence electrons. The number of halogens is 1. The Hall–Kier alpha value is -5.02. The number of pyridine rings is 3. The van der Waals surface area contributed by atoms with Crippen LogP contribution in [0, 0.1) is 18.8 Å². The molecule has 4 aliphatic rings. The van der Waals surface area contributed by atoms with Gasteiger partial charge in [0.15, 0.2) is 5.78 Å². The maximum absolute atomic E-state index is 13.7. The van der Waals surface area contributed by atoms with Crippen LogP contribution in [0.2, 0.25) is 0 Å². The number of carbonyl (C=O) groups is 2. The number of aromatic nitrogens is 5. The quantitative estimate of drug-likeness (QED) is 0.141. The Kier molecular flexibility index (Phi) is 10.0. The molecule has 3 N–H and O–H groups in total. The van der Waals surface area contributed by atoms with E-state index >= 15 is 0 Å². The van der Waals surface area contributed by atoms with Crippen molar-refractivity contribution in [2.24, 2.45) is 5.92 Å². The first kappa shape index (κ1) is 36.0. The molecule has 0 radical (unpaired) electrons. The summed E-state index contributed by atoms with van der Waals surface area (Å²) in [7, 11) is 0. The van der Waals surface area contributed by atoms with E-state index in [1.54, 1.807) is 17.7 Å². The summed E-state index contributed by atoms with van der Waals surface area (Å²) < 4.78 is 15.4. The second-order valence-corrected chi connectivity index (χ2v) is 15.4. The highest BCUT2D eigenvalue weighted by molar-refractivity contribution is 5.99. The summed E-state index contributed by atoms with van der Waals surface area (Å²) in [6.07, 6.45) is 10.4.